The molecule has 0 fully saturated rings. The standard InChI is InChI=1S/C16H18N4/c1-2-6-16-14(11-17)18-19-20(16)15-10-5-8-12-7-3-4-9-13(12)15/h3-5,7-10H,2,6,11,17H2,1H3. The monoisotopic (exact) mass is 266 g/mol. The van der Waals surface area contributed by atoms with Crippen LogP contribution in [0.3, 0.4) is 0 Å². The molecule has 0 saturated carbocycles. The number of hydrogen-bond donors (Lipinski definition) is 1. The van der Waals surface area contributed by atoms with Gasteiger partial charge < -0.3 is 5.73 Å². The van der Waals surface area contributed by atoms with Crippen molar-refractivity contribution in [3.8, 4) is 5.69 Å². The number of hydrogen-bond acceptors (Lipinski definition) is 3. The Hall–Kier alpha value is -2.20. The Morgan fingerprint density at radius 1 is 1.10 bits per heavy atom. The van der Waals surface area contributed by atoms with Crippen molar-refractivity contribution in [2.75, 3.05) is 0 Å². The SMILES string of the molecule is CCCc1c(CN)nnn1-c1cccc2ccccc12. The van der Waals surface area contributed by atoms with E-state index in [1.54, 1.807) is 0 Å². The van der Waals surface area contributed by atoms with Crippen LogP contribution in [0.1, 0.15) is 24.7 Å². The van der Waals surface area contributed by atoms with Gasteiger partial charge in [-0.3, -0.25) is 0 Å². The van der Waals surface area contributed by atoms with Crippen LogP contribution in [-0.4, -0.2) is 15.0 Å². The van der Waals surface area contributed by atoms with Crippen LogP contribution < -0.4 is 5.73 Å². The molecular formula is C16H18N4. The van der Waals surface area contributed by atoms with Gasteiger partial charge in [-0.15, -0.1) is 5.10 Å². The molecule has 0 bridgehead atoms. The number of rotatable bonds is 4. The number of fused-ring (bicyclic) bond motifs is 1. The van der Waals surface area contributed by atoms with E-state index >= 15 is 0 Å². The van der Waals surface area contributed by atoms with E-state index in [2.05, 4.69) is 47.6 Å². The van der Waals surface area contributed by atoms with Crippen LogP contribution in [0.2, 0.25) is 0 Å². The maximum atomic E-state index is 5.77. The van der Waals surface area contributed by atoms with E-state index in [4.69, 9.17) is 5.73 Å². The molecule has 0 aliphatic carbocycles. The van der Waals surface area contributed by atoms with Gasteiger partial charge in [0.1, 0.15) is 0 Å². The molecule has 20 heavy (non-hydrogen) atoms. The zero-order chi connectivity index (χ0) is 13.9. The van der Waals surface area contributed by atoms with Crippen molar-refractivity contribution in [2.24, 2.45) is 5.73 Å². The summed E-state index contributed by atoms with van der Waals surface area (Å²) in [5.74, 6) is 0. The lowest BCUT2D eigenvalue weighted by Crippen LogP contribution is -2.06. The highest BCUT2D eigenvalue weighted by atomic mass is 15.4. The van der Waals surface area contributed by atoms with Crippen molar-refractivity contribution < 1.29 is 0 Å². The van der Waals surface area contributed by atoms with Gasteiger partial charge in [-0.25, -0.2) is 4.68 Å². The van der Waals surface area contributed by atoms with E-state index < -0.39 is 0 Å². The molecule has 2 aromatic carbocycles. The average Bonchev–Trinajstić information content (AvgIpc) is 2.90. The fourth-order valence-electron chi connectivity index (χ4n) is 2.56. The second-order valence-electron chi connectivity index (χ2n) is 4.85. The lowest BCUT2D eigenvalue weighted by atomic mass is 10.1. The molecule has 0 aliphatic heterocycles. The van der Waals surface area contributed by atoms with E-state index in [9.17, 15) is 0 Å². The summed E-state index contributed by atoms with van der Waals surface area (Å²) in [6.45, 7) is 2.58. The fraction of sp³-hybridized carbons (Fsp3) is 0.250. The molecule has 1 heterocycles. The first kappa shape index (κ1) is 12.8. The van der Waals surface area contributed by atoms with Crippen LogP contribution in [0.4, 0.5) is 0 Å². The molecule has 0 saturated heterocycles. The third-order valence-corrected chi connectivity index (χ3v) is 3.52. The summed E-state index contributed by atoms with van der Waals surface area (Å²) in [6.07, 6.45) is 1.98. The first-order chi connectivity index (χ1) is 9.85. The van der Waals surface area contributed by atoms with E-state index in [0.29, 0.717) is 6.54 Å². The fourth-order valence-corrected chi connectivity index (χ4v) is 2.56. The number of nitrogens with zero attached hydrogens (tertiary/aromatic N) is 3. The molecule has 0 radical (unpaired) electrons. The Morgan fingerprint density at radius 2 is 1.90 bits per heavy atom. The Bertz CT molecular complexity index is 725. The highest BCUT2D eigenvalue weighted by molar-refractivity contribution is 5.90. The van der Waals surface area contributed by atoms with Crippen LogP contribution in [0.25, 0.3) is 16.5 Å². The molecule has 0 amide bonds. The van der Waals surface area contributed by atoms with Crippen molar-refractivity contribution in [3.05, 3.63) is 53.9 Å². The third kappa shape index (κ3) is 2.08. The summed E-state index contributed by atoms with van der Waals surface area (Å²) in [5, 5.41) is 10.9. The summed E-state index contributed by atoms with van der Waals surface area (Å²) < 4.78 is 1.94. The third-order valence-electron chi connectivity index (χ3n) is 3.52. The Kier molecular flexibility index (Phi) is 3.48. The van der Waals surface area contributed by atoms with Crippen LogP contribution in [-0.2, 0) is 13.0 Å². The van der Waals surface area contributed by atoms with Crippen molar-refractivity contribution in [1.82, 2.24) is 15.0 Å². The maximum absolute atomic E-state index is 5.77. The molecule has 2 N–H and O–H groups in total. The molecule has 3 rings (SSSR count). The minimum absolute atomic E-state index is 0.431. The van der Waals surface area contributed by atoms with Gasteiger partial charge in [0.05, 0.1) is 17.1 Å². The van der Waals surface area contributed by atoms with Crippen molar-refractivity contribution in [1.29, 1.82) is 0 Å². The second kappa shape index (κ2) is 5.43. The number of benzene rings is 2. The smallest absolute Gasteiger partial charge is 0.0999 e. The van der Waals surface area contributed by atoms with Gasteiger partial charge in [0, 0.05) is 11.9 Å². The first-order valence-corrected chi connectivity index (χ1v) is 6.96. The quantitative estimate of drug-likeness (QED) is 0.790. The Morgan fingerprint density at radius 3 is 2.70 bits per heavy atom. The predicted octanol–water partition coefficient (Wildman–Crippen LogP) is 2.83. The lowest BCUT2D eigenvalue weighted by molar-refractivity contribution is 0.749. The van der Waals surface area contributed by atoms with Crippen molar-refractivity contribution in [3.63, 3.8) is 0 Å². The summed E-state index contributed by atoms with van der Waals surface area (Å²) in [4.78, 5) is 0. The molecule has 1 aromatic heterocycles. The van der Waals surface area contributed by atoms with Gasteiger partial charge in [-0.2, -0.15) is 0 Å². The van der Waals surface area contributed by atoms with Crippen LogP contribution in [0, 0.1) is 0 Å². The maximum Gasteiger partial charge on any atom is 0.0999 e. The van der Waals surface area contributed by atoms with Gasteiger partial charge in [0.2, 0.25) is 0 Å². The first-order valence-electron chi connectivity index (χ1n) is 6.96. The summed E-state index contributed by atoms with van der Waals surface area (Å²) in [7, 11) is 0. The van der Waals surface area contributed by atoms with Crippen molar-refractivity contribution >= 4 is 10.8 Å². The van der Waals surface area contributed by atoms with E-state index in [0.717, 1.165) is 29.9 Å². The molecule has 4 nitrogen and oxygen atoms in total. The van der Waals surface area contributed by atoms with Crippen LogP contribution in [0.15, 0.2) is 42.5 Å². The van der Waals surface area contributed by atoms with Gasteiger partial charge in [-0.1, -0.05) is 55.0 Å². The van der Waals surface area contributed by atoms with E-state index in [1.165, 1.54) is 10.8 Å². The molecular weight excluding hydrogens is 248 g/mol. The van der Waals surface area contributed by atoms with Crippen molar-refractivity contribution in [2.45, 2.75) is 26.3 Å². The highest BCUT2D eigenvalue weighted by Gasteiger charge is 2.13. The second-order valence-corrected chi connectivity index (χ2v) is 4.85. The van der Waals surface area contributed by atoms with E-state index in [1.807, 2.05) is 16.8 Å². The Balaban J connectivity index is 2.23. The molecule has 0 atom stereocenters. The van der Waals surface area contributed by atoms with Gasteiger partial charge in [0.25, 0.3) is 0 Å². The van der Waals surface area contributed by atoms with Gasteiger partial charge in [-0.05, 0) is 17.9 Å². The van der Waals surface area contributed by atoms with Gasteiger partial charge >= 0.3 is 0 Å². The zero-order valence-corrected chi connectivity index (χ0v) is 11.6. The van der Waals surface area contributed by atoms with E-state index in [-0.39, 0.29) is 0 Å². The normalized spacial score (nSPS) is 11.1. The number of nitrogens with two attached hydrogens (primary N) is 1. The molecule has 0 aliphatic rings. The van der Waals surface area contributed by atoms with Crippen LogP contribution in [0.5, 0.6) is 0 Å². The molecule has 102 valence electrons. The van der Waals surface area contributed by atoms with Crippen LogP contribution >= 0.6 is 0 Å². The molecule has 0 unspecified atom stereocenters. The summed E-state index contributed by atoms with van der Waals surface area (Å²) in [5.41, 5.74) is 8.84. The molecule has 4 heteroatoms. The number of aromatic nitrogens is 3. The molecule has 0 spiro atoms. The van der Waals surface area contributed by atoms with Gasteiger partial charge in [0.15, 0.2) is 0 Å². The largest absolute Gasteiger partial charge is 0.325 e. The lowest BCUT2D eigenvalue weighted by Gasteiger charge is -2.09. The highest BCUT2D eigenvalue weighted by Crippen LogP contribution is 2.23. The minimum atomic E-state index is 0.431. The average molecular weight is 266 g/mol. The summed E-state index contributed by atoms with van der Waals surface area (Å²) >= 11 is 0. The Labute approximate surface area is 118 Å². The zero-order valence-electron chi connectivity index (χ0n) is 11.6. The molecule has 3 aromatic rings. The minimum Gasteiger partial charge on any atom is -0.325 e. The summed E-state index contributed by atoms with van der Waals surface area (Å²) in [6, 6.07) is 14.6. The predicted molar refractivity (Wildman–Crippen MR) is 80.8 cm³/mol. The topological polar surface area (TPSA) is 56.7 Å².